The topological polar surface area (TPSA) is 35.2 Å². The van der Waals surface area contributed by atoms with E-state index < -0.39 is 0 Å². The molecule has 5 aromatic carbocycles. The Hall–Kier alpha value is -3.10. The van der Waals surface area contributed by atoms with Crippen molar-refractivity contribution in [1.82, 2.24) is 0 Å². The van der Waals surface area contributed by atoms with Crippen molar-refractivity contribution in [3.63, 3.8) is 0 Å². The molecule has 0 aliphatic heterocycles. The number of hydrogen-bond donors (Lipinski definition) is 1. The number of rotatable bonds is 4. The average molecular weight is 351 g/mol. The highest BCUT2D eigenvalue weighted by molar-refractivity contribution is 6.23. The molecule has 0 fully saturated rings. The van der Waals surface area contributed by atoms with Crippen LogP contribution in [0.15, 0.2) is 78.9 Å². The third kappa shape index (κ3) is 2.61. The van der Waals surface area contributed by atoms with E-state index in [1.165, 1.54) is 43.4 Å². The zero-order valence-electron chi connectivity index (χ0n) is 15.3. The summed E-state index contributed by atoms with van der Waals surface area (Å²) in [6, 6.07) is 27.9. The van der Waals surface area contributed by atoms with Crippen LogP contribution in [-0.2, 0) is 6.42 Å². The molecule has 0 amide bonds. The lowest BCUT2D eigenvalue weighted by Gasteiger charge is -2.18. The summed E-state index contributed by atoms with van der Waals surface area (Å²) in [4.78, 5) is 0. The van der Waals surface area contributed by atoms with E-state index in [1.54, 1.807) is 7.11 Å². The van der Waals surface area contributed by atoms with Gasteiger partial charge in [0.15, 0.2) is 0 Å². The third-order valence-corrected chi connectivity index (χ3v) is 5.58. The van der Waals surface area contributed by atoms with Crippen LogP contribution in [0.3, 0.4) is 0 Å². The average Bonchev–Trinajstić information content (AvgIpc) is 2.72. The highest BCUT2D eigenvalue weighted by Crippen LogP contribution is 2.37. The lowest BCUT2D eigenvalue weighted by atomic mass is 9.88. The van der Waals surface area contributed by atoms with Crippen LogP contribution >= 0.6 is 0 Å². The van der Waals surface area contributed by atoms with Gasteiger partial charge in [-0.3, -0.25) is 0 Å². The second-order valence-corrected chi connectivity index (χ2v) is 7.17. The van der Waals surface area contributed by atoms with Gasteiger partial charge in [0, 0.05) is 6.04 Å². The van der Waals surface area contributed by atoms with Crippen molar-refractivity contribution in [3.05, 3.63) is 90.0 Å². The van der Waals surface area contributed by atoms with Crippen LogP contribution in [0.5, 0.6) is 5.75 Å². The minimum Gasteiger partial charge on any atom is -0.497 e. The summed E-state index contributed by atoms with van der Waals surface area (Å²) in [5.41, 5.74) is 9.09. The van der Waals surface area contributed by atoms with Gasteiger partial charge in [0.1, 0.15) is 5.75 Å². The normalized spacial score (nSPS) is 12.8. The SMILES string of the molecule is COc1ccc(CC(N)c2ccc3ccc4cccc5ccc2c3c45)cc1. The van der Waals surface area contributed by atoms with Crippen molar-refractivity contribution < 1.29 is 4.74 Å². The van der Waals surface area contributed by atoms with Crippen LogP contribution in [0.25, 0.3) is 32.3 Å². The Morgan fingerprint density at radius 2 is 1.37 bits per heavy atom. The summed E-state index contributed by atoms with van der Waals surface area (Å²) >= 11 is 0. The quantitative estimate of drug-likeness (QED) is 0.413. The molecular formula is C25H21NO. The second kappa shape index (κ2) is 6.26. The van der Waals surface area contributed by atoms with Gasteiger partial charge in [-0.05, 0) is 62.0 Å². The van der Waals surface area contributed by atoms with Gasteiger partial charge in [-0.25, -0.2) is 0 Å². The van der Waals surface area contributed by atoms with E-state index >= 15 is 0 Å². The molecule has 5 rings (SSSR count). The maximum absolute atomic E-state index is 6.66. The zero-order valence-corrected chi connectivity index (χ0v) is 15.3. The Morgan fingerprint density at radius 1 is 0.741 bits per heavy atom. The van der Waals surface area contributed by atoms with Crippen molar-refractivity contribution in [2.45, 2.75) is 12.5 Å². The number of ether oxygens (including phenoxy) is 1. The van der Waals surface area contributed by atoms with Gasteiger partial charge in [-0.15, -0.1) is 0 Å². The van der Waals surface area contributed by atoms with Crippen LogP contribution in [0.2, 0.25) is 0 Å². The van der Waals surface area contributed by atoms with Crippen molar-refractivity contribution in [1.29, 1.82) is 0 Å². The third-order valence-electron chi connectivity index (χ3n) is 5.58. The van der Waals surface area contributed by atoms with E-state index in [9.17, 15) is 0 Å². The summed E-state index contributed by atoms with van der Waals surface area (Å²) < 4.78 is 5.25. The highest BCUT2D eigenvalue weighted by atomic mass is 16.5. The molecule has 1 atom stereocenters. The Bertz CT molecular complexity index is 1220. The van der Waals surface area contributed by atoms with Crippen LogP contribution in [-0.4, -0.2) is 7.11 Å². The largest absolute Gasteiger partial charge is 0.497 e. The fraction of sp³-hybridized carbons (Fsp3) is 0.120. The van der Waals surface area contributed by atoms with Gasteiger partial charge in [-0.2, -0.15) is 0 Å². The molecule has 5 aromatic rings. The van der Waals surface area contributed by atoms with Crippen LogP contribution < -0.4 is 10.5 Å². The fourth-order valence-electron chi connectivity index (χ4n) is 4.21. The Morgan fingerprint density at radius 3 is 2.07 bits per heavy atom. The highest BCUT2D eigenvalue weighted by Gasteiger charge is 2.15. The van der Waals surface area contributed by atoms with Gasteiger partial charge in [0.25, 0.3) is 0 Å². The smallest absolute Gasteiger partial charge is 0.118 e. The second-order valence-electron chi connectivity index (χ2n) is 7.17. The van der Waals surface area contributed by atoms with Crippen LogP contribution in [0.1, 0.15) is 17.2 Å². The number of methoxy groups -OCH3 is 1. The van der Waals surface area contributed by atoms with Gasteiger partial charge in [0.05, 0.1) is 7.11 Å². The number of benzene rings is 5. The fourth-order valence-corrected chi connectivity index (χ4v) is 4.21. The van der Waals surface area contributed by atoms with Gasteiger partial charge in [-0.1, -0.05) is 66.7 Å². The molecule has 0 aliphatic carbocycles. The number of hydrogen-bond acceptors (Lipinski definition) is 2. The van der Waals surface area contributed by atoms with E-state index in [0.717, 1.165) is 12.2 Å². The molecule has 132 valence electrons. The molecule has 0 heterocycles. The van der Waals surface area contributed by atoms with Crippen molar-refractivity contribution in [3.8, 4) is 5.75 Å². The summed E-state index contributed by atoms with van der Waals surface area (Å²) in [6.07, 6.45) is 0.800. The Balaban J connectivity index is 1.63. The standard InChI is InChI=1S/C25H21NO/c1-27-20-11-5-16(6-12-20)15-23(26)21-13-9-19-8-7-17-3-2-4-18-10-14-22(21)25(19)24(17)18/h2-14,23H,15,26H2,1H3. The summed E-state index contributed by atoms with van der Waals surface area (Å²) in [5, 5.41) is 7.77. The Labute approximate surface area is 158 Å². The predicted molar refractivity (Wildman–Crippen MR) is 114 cm³/mol. The summed E-state index contributed by atoms with van der Waals surface area (Å²) in [6.45, 7) is 0. The first-order valence-corrected chi connectivity index (χ1v) is 9.29. The van der Waals surface area contributed by atoms with Crippen LogP contribution in [0.4, 0.5) is 0 Å². The molecular weight excluding hydrogens is 330 g/mol. The van der Waals surface area contributed by atoms with Gasteiger partial charge >= 0.3 is 0 Å². The van der Waals surface area contributed by atoms with Crippen molar-refractivity contribution >= 4 is 32.3 Å². The maximum atomic E-state index is 6.66. The molecule has 2 heteroatoms. The minimum absolute atomic E-state index is 0.0528. The summed E-state index contributed by atoms with van der Waals surface area (Å²) in [5.74, 6) is 0.870. The molecule has 0 radical (unpaired) electrons. The first-order valence-electron chi connectivity index (χ1n) is 9.29. The minimum atomic E-state index is -0.0528. The maximum Gasteiger partial charge on any atom is 0.118 e. The van der Waals surface area contributed by atoms with Crippen molar-refractivity contribution in [2.75, 3.05) is 7.11 Å². The molecule has 0 aromatic heterocycles. The molecule has 0 saturated carbocycles. The molecule has 0 saturated heterocycles. The van der Waals surface area contributed by atoms with E-state index in [-0.39, 0.29) is 6.04 Å². The molecule has 1 unspecified atom stereocenters. The molecule has 2 nitrogen and oxygen atoms in total. The Kier molecular flexibility index (Phi) is 3.73. The lowest BCUT2D eigenvalue weighted by molar-refractivity contribution is 0.414. The number of nitrogens with two attached hydrogens (primary N) is 1. The van der Waals surface area contributed by atoms with Gasteiger partial charge in [0.2, 0.25) is 0 Å². The van der Waals surface area contributed by atoms with E-state index in [2.05, 4.69) is 66.7 Å². The zero-order chi connectivity index (χ0) is 18.4. The predicted octanol–water partition coefficient (Wildman–Crippen LogP) is 5.84. The first-order chi connectivity index (χ1) is 13.2. The van der Waals surface area contributed by atoms with E-state index in [4.69, 9.17) is 10.5 Å². The first kappa shape index (κ1) is 16.1. The monoisotopic (exact) mass is 351 g/mol. The van der Waals surface area contributed by atoms with Gasteiger partial charge < -0.3 is 10.5 Å². The van der Waals surface area contributed by atoms with E-state index in [0.29, 0.717) is 0 Å². The molecule has 27 heavy (non-hydrogen) atoms. The lowest BCUT2D eigenvalue weighted by Crippen LogP contribution is -2.14. The van der Waals surface area contributed by atoms with Crippen LogP contribution in [0, 0.1) is 0 Å². The molecule has 2 N–H and O–H groups in total. The van der Waals surface area contributed by atoms with E-state index in [1.807, 2.05) is 12.1 Å². The summed E-state index contributed by atoms with van der Waals surface area (Å²) in [7, 11) is 1.69. The molecule has 0 spiro atoms. The van der Waals surface area contributed by atoms with Crippen molar-refractivity contribution in [2.24, 2.45) is 5.73 Å². The molecule has 0 bridgehead atoms. The molecule has 0 aliphatic rings.